The number of carboxylic acid groups (broad SMARTS) is 2. The van der Waals surface area contributed by atoms with Crippen LogP contribution in [-0.2, 0) is 5.54 Å². The highest BCUT2D eigenvalue weighted by Gasteiger charge is 2.60. The van der Waals surface area contributed by atoms with E-state index in [4.69, 9.17) is 0 Å². The summed E-state index contributed by atoms with van der Waals surface area (Å²) >= 11 is 0. The van der Waals surface area contributed by atoms with E-state index in [1.54, 1.807) is 6.07 Å². The first-order valence-electron chi connectivity index (χ1n) is 10.1. The van der Waals surface area contributed by atoms with Gasteiger partial charge in [0.1, 0.15) is 5.82 Å². The Hall–Kier alpha value is -3.35. The average molecular weight is 424 g/mol. The number of imidazole rings is 1. The lowest BCUT2D eigenvalue weighted by molar-refractivity contribution is -0.0664. The highest BCUT2D eigenvalue weighted by atomic mass is 16.4. The van der Waals surface area contributed by atoms with E-state index in [1.165, 1.54) is 0 Å². The number of nitrogens with zero attached hydrogens (tertiary/aromatic N) is 2. The maximum absolute atomic E-state index is 12.3. The maximum atomic E-state index is 12.3. The van der Waals surface area contributed by atoms with Gasteiger partial charge in [0.25, 0.3) is 0 Å². The van der Waals surface area contributed by atoms with E-state index in [9.17, 15) is 19.8 Å². The fraction of sp³-hybridized carbons (Fsp3) is 0.375. The van der Waals surface area contributed by atoms with Crippen LogP contribution >= 0.6 is 0 Å². The largest absolute Gasteiger partial charge is 0.464 e. The van der Waals surface area contributed by atoms with Crippen molar-refractivity contribution in [2.75, 3.05) is 0 Å². The quantitative estimate of drug-likeness (QED) is 0.467. The summed E-state index contributed by atoms with van der Waals surface area (Å²) in [6.45, 7) is 11.2. The zero-order valence-electron chi connectivity index (χ0n) is 18.7. The fourth-order valence-corrected chi connectivity index (χ4v) is 5.14. The zero-order chi connectivity index (χ0) is 23.2. The minimum atomic E-state index is -1.51. The summed E-state index contributed by atoms with van der Waals surface area (Å²) in [5, 5.41) is 20.0. The van der Waals surface area contributed by atoms with Crippen molar-refractivity contribution in [1.29, 1.82) is 0 Å². The summed E-state index contributed by atoms with van der Waals surface area (Å²) < 4.78 is 0. The monoisotopic (exact) mass is 423 g/mol. The molecule has 7 nitrogen and oxygen atoms in total. The summed E-state index contributed by atoms with van der Waals surface area (Å²) in [6, 6.07) is 15.0. The van der Waals surface area contributed by atoms with Crippen molar-refractivity contribution in [1.82, 2.24) is 14.9 Å². The molecule has 2 aromatic carbocycles. The summed E-state index contributed by atoms with van der Waals surface area (Å²) in [5.74, 6) is 0.636. The molecule has 164 valence electrons. The first-order valence-corrected chi connectivity index (χ1v) is 10.1. The number of imide groups is 1. The van der Waals surface area contributed by atoms with Crippen LogP contribution in [-0.4, -0.2) is 37.3 Å². The SMILES string of the molecule is CC(C)(C)C(c1cccc(-c2nc3ccccc3[nH]2)c1)(N(C(=O)O)C(=O)O)C(C)(C)C. The van der Waals surface area contributed by atoms with Crippen molar-refractivity contribution in [3.8, 4) is 11.4 Å². The van der Waals surface area contributed by atoms with Gasteiger partial charge in [0.2, 0.25) is 0 Å². The Labute approximate surface area is 181 Å². The second-order valence-electron chi connectivity index (χ2n) is 9.79. The summed E-state index contributed by atoms with van der Waals surface area (Å²) in [4.78, 5) is 33.0. The number of benzene rings is 2. The maximum Gasteiger partial charge on any atom is 0.417 e. The number of fused-ring (bicyclic) bond motifs is 1. The van der Waals surface area contributed by atoms with Crippen LogP contribution in [0.15, 0.2) is 48.5 Å². The second-order valence-corrected chi connectivity index (χ2v) is 9.79. The van der Waals surface area contributed by atoms with Gasteiger partial charge in [-0.05, 0) is 34.6 Å². The number of hydrogen-bond acceptors (Lipinski definition) is 3. The number of carbonyl (C=O) groups is 2. The van der Waals surface area contributed by atoms with E-state index >= 15 is 0 Å². The number of para-hydroxylation sites is 2. The highest BCUT2D eigenvalue weighted by molar-refractivity contribution is 5.87. The Morgan fingerprint density at radius 2 is 1.45 bits per heavy atom. The molecule has 1 aromatic heterocycles. The molecule has 31 heavy (non-hydrogen) atoms. The van der Waals surface area contributed by atoms with E-state index in [1.807, 2.05) is 84.0 Å². The van der Waals surface area contributed by atoms with Crippen molar-refractivity contribution in [2.45, 2.75) is 47.1 Å². The third-order valence-electron chi connectivity index (χ3n) is 5.83. The van der Waals surface area contributed by atoms with E-state index in [0.29, 0.717) is 16.3 Å². The predicted octanol–water partition coefficient (Wildman–Crippen LogP) is 6.18. The van der Waals surface area contributed by atoms with Gasteiger partial charge in [-0.15, -0.1) is 0 Å². The fourth-order valence-electron chi connectivity index (χ4n) is 5.14. The van der Waals surface area contributed by atoms with Gasteiger partial charge in [-0.25, -0.2) is 19.5 Å². The van der Waals surface area contributed by atoms with Gasteiger partial charge >= 0.3 is 12.2 Å². The molecular formula is C24H29N3O4. The number of aromatic amines is 1. The standard InChI is InChI=1S/C24H29N3O4/c1-22(2,3)24(23(4,5)6,27(20(28)29)21(30)31)16-11-9-10-15(14-16)19-25-17-12-7-8-13-18(17)26-19/h7-14H,1-6H3,(H,25,26)(H,28,29)(H,30,31). The number of aromatic nitrogens is 2. The molecule has 3 N–H and O–H groups in total. The Bertz CT molecular complexity index is 1070. The van der Waals surface area contributed by atoms with Crippen LogP contribution in [0.25, 0.3) is 22.4 Å². The first kappa shape index (κ1) is 22.3. The van der Waals surface area contributed by atoms with Gasteiger partial charge < -0.3 is 15.2 Å². The Morgan fingerprint density at radius 3 is 1.97 bits per heavy atom. The molecule has 0 aliphatic rings. The van der Waals surface area contributed by atoms with Gasteiger partial charge in [-0.1, -0.05) is 71.9 Å². The molecule has 0 saturated heterocycles. The third-order valence-corrected chi connectivity index (χ3v) is 5.83. The van der Waals surface area contributed by atoms with Crippen LogP contribution in [0.4, 0.5) is 9.59 Å². The number of H-pyrrole nitrogens is 1. The van der Waals surface area contributed by atoms with Crippen LogP contribution in [0, 0.1) is 10.8 Å². The lowest BCUT2D eigenvalue weighted by Crippen LogP contribution is -2.64. The van der Waals surface area contributed by atoms with E-state index in [-0.39, 0.29) is 0 Å². The van der Waals surface area contributed by atoms with Gasteiger partial charge in [-0.2, -0.15) is 0 Å². The first-order chi connectivity index (χ1) is 14.3. The number of nitrogens with one attached hydrogen (secondary N) is 1. The van der Waals surface area contributed by atoms with Crippen LogP contribution in [0.3, 0.4) is 0 Å². The molecule has 0 atom stereocenters. The molecule has 3 rings (SSSR count). The Morgan fingerprint density at radius 1 is 0.871 bits per heavy atom. The molecule has 0 saturated carbocycles. The topological polar surface area (TPSA) is 107 Å². The molecule has 0 fully saturated rings. The van der Waals surface area contributed by atoms with Gasteiger partial charge in [0.05, 0.1) is 16.6 Å². The highest BCUT2D eigenvalue weighted by Crippen LogP contribution is 2.56. The summed E-state index contributed by atoms with van der Waals surface area (Å²) in [6.07, 6.45) is -3.02. The van der Waals surface area contributed by atoms with Crippen molar-refractivity contribution in [3.05, 3.63) is 54.1 Å². The summed E-state index contributed by atoms with van der Waals surface area (Å²) in [5.41, 5.74) is 0.164. The smallest absolute Gasteiger partial charge is 0.417 e. The minimum absolute atomic E-state index is 0.560. The molecule has 0 bridgehead atoms. The van der Waals surface area contributed by atoms with Crippen LogP contribution in [0.1, 0.15) is 47.1 Å². The Kier molecular flexibility index (Phi) is 5.34. The minimum Gasteiger partial charge on any atom is -0.464 e. The van der Waals surface area contributed by atoms with E-state index in [2.05, 4.69) is 9.97 Å². The average Bonchev–Trinajstić information content (AvgIpc) is 3.07. The second kappa shape index (κ2) is 7.41. The number of rotatable bonds is 3. The summed E-state index contributed by atoms with van der Waals surface area (Å²) in [7, 11) is 0. The zero-order valence-corrected chi connectivity index (χ0v) is 18.7. The van der Waals surface area contributed by atoms with Crippen molar-refractivity contribution in [2.24, 2.45) is 10.8 Å². The molecule has 0 aliphatic carbocycles. The molecule has 3 aromatic rings. The van der Waals surface area contributed by atoms with Crippen molar-refractivity contribution in [3.63, 3.8) is 0 Å². The molecule has 0 radical (unpaired) electrons. The van der Waals surface area contributed by atoms with Crippen molar-refractivity contribution >= 4 is 23.2 Å². The lowest BCUT2D eigenvalue weighted by Gasteiger charge is -2.56. The van der Waals surface area contributed by atoms with E-state index < -0.39 is 28.6 Å². The van der Waals surface area contributed by atoms with Crippen LogP contribution in [0.5, 0.6) is 0 Å². The van der Waals surface area contributed by atoms with E-state index in [0.717, 1.165) is 16.6 Å². The normalized spacial score (nSPS) is 12.7. The van der Waals surface area contributed by atoms with Crippen molar-refractivity contribution < 1.29 is 19.8 Å². The van der Waals surface area contributed by atoms with Gasteiger partial charge in [0, 0.05) is 5.56 Å². The van der Waals surface area contributed by atoms with Crippen LogP contribution < -0.4 is 0 Å². The number of amides is 2. The molecule has 0 spiro atoms. The molecule has 0 unspecified atom stereocenters. The molecule has 7 heteroatoms. The Balaban J connectivity index is 2.33. The molecule has 1 heterocycles. The molecular weight excluding hydrogens is 394 g/mol. The molecule has 2 amide bonds. The third kappa shape index (κ3) is 3.54. The van der Waals surface area contributed by atoms with Gasteiger partial charge in [0.15, 0.2) is 0 Å². The number of hydrogen-bond donors (Lipinski definition) is 3. The molecule has 0 aliphatic heterocycles. The van der Waals surface area contributed by atoms with Crippen LogP contribution in [0.2, 0.25) is 0 Å². The predicted molar refractivity (Wildman–Crippen MR) is 120 cm³/mol. The van der Waals surface area contributed by atoms with Gasteiger partial charge in [-0.3, -0.25) is 0 Å². The lowest BCUT2D eigenvalue weighted by atomic mass is 9.56.